The molecule has 2 aliphatic rings. The van der Waals surface area contributed by atoms with Gasteiger partial charge in [-0.1, -0.05) is 19.8 Å². The van der Waals surface area contributed by atoms with Gasteiger partial charge in [0.2, 0.25) is 10.0 Å². The number of benzene rings is 2. The molecule has 1 aliphatic carbocycles. The quantitative estimate of drug-likeness (QED) is 0.251. The number of carbonyl (C=O) groups is 1. The molecule has 1 saturated carbocycles. The molecule has 6 rings (SSSR count). The molecule has 1 saturated heterocycles. The standard InChI is InChI=1S/C35H44N6O5S/c1-5-39-13-15-40(16-14-39)47(44,45)27-11-12-33(46-6-2)28(20-27)25-18-29(31-22-37-41(32(31)19-25)26-9-7-8-10-26)34(42)36-21-30-23(3)17-24(4)38-35(30)43/h11-12,17-20,22,26H,5-10,13-16,21H2,1-4H3,(H,36,42)(H,38,43). The van der Waals surface area contributed by atoms with Crippen LogP contribution in [0.2, 0.25) is 0 Å². The first-order valence-electron chi connectivity index (χ1n) is 16.6. The van der Waals surface area contributed by atoms with Gasteiger partial charge in [-0.3, -0.25) is 14.3 Å². The monoisotopic (exact) mass is 660 g/mol. The lowest BCUT2D eigenvalue weighted by Gasteiger charge is -2.33. The van der Waals surface area contributed by atoms with Crippen LogP contribution in [-0.4, -0.2) is 77.6 Å². The second kappa shape index (κ2) is 13.6. The smallest absolute Gasteiger partial charge is 0.253 e. The molecule has 0 unspecified atom stereocenters. The Morgan fingerprint density at radius 2 is 1.79 bits per heavy atom. The highest BCUT2D eigenvalue weighted by atomic mass is 32.2. The van der Waals surface area contributed by atoms with Crippen LogP contribution in [0.4, 0.5) is 0 Å². The van der Waals surface area contributed by atoms with Crippen molar-refractivity contribution >= 4 is 26.8 Å². The number of ether oxygens (including phenoxy) is 1. The first-order valence-corrected chi connectivity index (χ1v) is 18.0. The zero-order chi connectivity index (χ0) is 33.3. The van der Waals surface area contributed by atoms with E-state index in [1.165, 1.54) is 0 Å². The average molecular weight is 661 g/mol. The summed E-state index contributed by atoms with van der Waals surface area (Å²) in [5.41, 5.74) is 4.26. The van der Waals surface area contributed by atoms with Gasteiger partial charge in [-0.15, -0.1) is 0 Å². The molecule has 11 nitrogen and oxygen atoms in total. The van der Waals surface area contributed by atoms with Crippen molar-refractivity contribution < 1.29 is 17.9 Å². The minimum atomic E-state index is -3.76. The number of carbonyl (C=O) groups excluding carboxylic acids is 1. The van der Waals surface area contributed by atoms with Gasteiger partial charge in [0, 0.05) is 54.9 Å². The Hall–Kier alpha value is -4.00. The summed E-state index contributed by atoms with van der Waals surface area (Å²) in [6, 6.07) is 10.8. The molecule has 0 radical (unpaired) electrons. The van der Waals surface area contributed by atoms with Gasteiger partial charge in [-0.05, 0) is 87.7 Å². The largest absolute Gasteiger partial charge is 0.493 e. The molecular weight excluding hydrogens is 616 g/mol. The Morgan fingerprint density at radius 3 is 2.47 bits per heavy atom. The molecule has 0 spiro atoms. The van der Waals surface area contributed by atoms with Crippen LogP contribution in [0.5, 0.6) is 5.75 Å². The fraction of sp³-hybridized carbons (Fsp3) is 0.457. The molecule has 12 heteroatoms. The maximum atomic E-state index is 13.9. The number of aromatic amines is 1. The van der Waals surface area contributed by atoms with Crippen LogP contribution in [0.25, 0.3) is 22.0 Å². The van der Waals surface area contributed by atoms with E-state index in [2.05, 4.69) is 22.1 Å². The van der Waals surface area contributed by atoms with Crippen molar-refractivity contribution in [3.8, 4) is 16.9 Å². The molecule has 2 fully saturated rings. The van der Waals surface area contributed by atoms with Crippen molar-refractivity contribution in [3.63, 3.8) is 0 Å². The highest BCUT2D eigenvalue weighted by Gasteiger charge is 2.30. The van der Waals surface area contributed by atoms with E-state index in [1.807, 2.05) is 37.6 Å². The number of pyridine rings is 1. The third-order valence-corrected chi connectivity index (χ3v) is 11.4. The number of aryl methyl sites for hydroxylation is 2. The van der Waals surface area contributed by atoms with E-state index >= 15 is 0 Å². The fourth-order valence-electron chi connectivity index (χ4n) is 6.91. The molecule has 47 heavy (non-hydrogen) atoms. The van der Waals surface area contributed by atoms with Gasteiger partial charge in [-0.2, -0.15) is 9.40 Å². The number of hydrogen-bond acceptors (Lipinski definition) is 7. The predicted octanol–water partition coefficient (Wildman–Crippen LogP) is 4.78. The van der Waals surface area contributed by atoms with E-state index in [0.717, 1.165) is 49.0 Å². The van der Waals surface area contributed by atoms with E-state index in [1.54, 1.807) is 34.8 Å². The van der Waals surface area contributed by atoms with E-state index < -0.39 is 10.0 Å². The minimum absolute atomic E-state index is 0.0615. The lowest BCUT2D eigenvalue weighted by molar-refractivity contribution is 0.0952. The summed E-state index contributed by atoms with van der Waals surface area (Å²) in [6.45, 7) is 11.2. The molecule has 250 valence electrons. The van der Waals surface area contributed by atoms with E-state index in [4.69, 9.17) is 9.84 Å². The number of fused-ring (bicyclic) bond motifs is 1. The number of aromatic nitrogens is 3. The molecule has 0 bridgehead atoms. The van der Waals surface area contributed by atoms with Crippen LogP contribution in [-0.2, 0) is 16.6 Å². The zero-order valence-electron chi connectivity index (χ0n) is 27.6. The second-order valence-electron chi connectivity index (χ2n) is 12.5. The molecule has 4 aromatic rings. The highest BCUT2D eigenvalue weighted by molar-refractivity contribution is 7.89. The zero-order valence-corrected chi connectivity index (χ0v) is 28.5. The lowest BCUT2D eigenvalue weighted by Crippen LogP contribution is -2.48. The summed E-state index contributed by atoms with van der Waals surface area (Å²) in [7, 11) is -3.76. The number of nitrogens with one attached hydrogen (secondary N) is 2. The van der Waals surface area contributed by atoms with Crippen molar-refractivity contribution in [3.05, 3.63) is 75.3 Å². The Kier molecular flexibility index (Phi) is 9.54. The Labute approximate surface area is 276 Å². The molecular formula is C35H44N6O5S. The van der Waals surface area contributed by atoms with Gasteiger partial charge < -0.3 is 19.9 Å². The van der Waals surface area contributed by atoms with Gasteiger partial charge in [0.15, 0.2) is 0 Å². The van der Waals surface area contributed by atoms with Gasteiger partial charge in [-0.25, -0.2) is 8.42 Å². The first-order chi connectivity index (χ1) is 22.6. The molecule has 2 N–H and O–H groups in total. The van der Waals surface area contributed by atoms with Crippen LogP contribution in [0.15, 0.2) is 52.3 Å². The van der Waals surface area contributed by atoms with Gasteiger partial charge in [0.1, 0.15) is 5.75 Å². The summed E-state index contributed by atoms with van der Waals surface area (Å²) in [5, 5.41) is 8.40. The van der Waals surface area contributed by atoms with Crippen LogP contribution in [0.1, 0.15) is 72.8 Å². The van der Waals surface area contributed by atoms with Gasteiger partial charge in [0.25, 0.3) is 11.5 Å². The van der Waals surface area contributed by atoms with E-state index in [-0.39, 0.29) is 28.9 Å². The van der Waals surface area contributed by atoms with Crippen LogP contribution < -0.4 is 15.6 Å². The van der Waals surface area contributed by atoms with Crippen LogP contribution in [0.3, 0.4) is 0 Å². The third-order valence-electron chi connectivity index (χ3n) is 9.53. The summed E-state index contributed by atoms with van der Waals surface area (Å²) >= 11 is 0. The number of piperazine rings is 1. The molecule has 2 aromatic heterocycles. The molecule has 2 aromatic carbocycles. The molecule has 0 atom stereocenters. The summed E-state index contributed by atoms with van der Waals surface area (Å²) < 4.78 is 37.3. The maximum absolute atomic E-state index is 13.9. The normalized spacial score (nSPS) is 16.6. The number of nitrogens with zero attached hydrogens (tertiary/aromatic N) is 4. The Bertz CT molecular complexity index is 1950. The SMILES string of the molecule is CCOc1ccc(S(=O)(=O)N2CCN(CC)CC2)cc1-c1cc(C(=O)NCc2c(C)cc(C)[nH]c2=O)c2cnn(C3CCCC3)c2c1. The van der Waals surface area contributed by atoms with Gasteiger partial charge in [0.05, 0.1) is 34.8 Å². The molecule has 1 aliphatic heterocycles. The van der Waals surface area contributed by atoms with E-state index in [9.17, 15) is 18.0 Å². The van der Waals surface area contributed by atoms with Crippen molar-refractivity contribution in [2.45, 2.75) is 70.9 Å². The summed E-state index contributed by atoms with van der Waals surface area (Å²) in [4.78, 5) is 31.8. The topological polar surface area (TPSA) is 130 Å². The second-order valence-corrected chi connectivity index (χ2v) is 14.5. The van der Waals surface area contributed by atoms with Crippen LogP contribution >= 0.6 is 0 Å². The number of H-pyrrole nitrogens is 1. The van der Waals surface area contributed by atoms with Crippen molar-refractivity contribution in [2.75, 3.05) is 39.3 Å². The number of likely N-dealkylation sites (N-methyl/N-ethyl adjacent to an activating group) is 1. The number of amides is 1. The highest BCUT2D eigenvalue weighted by Crippen LogP contribution is 2.38. The number of sulfonamides is 1. The Balaban J connectivity index is 1.44. The third kappa shape index (κ3) is 6.59. The minimum Gasteiger partial charge on any atom is -0.493 e. The molecule has 3 heterocycles. The fourth-order valence-corrected chi connectivity index (χ4v) is 8.35. The van der Waals surface area contributed by atoms with Crippen LogP contribution in [0, 0.1) is 13.8 Å². The molecule has 1 amide bonds. The average Bonchev–Trinajstić information content (AvgIpc) is 3.74. The first kappa shape index (κ1) is 32.9. The predicted molar refractivity (Wildman–Crippen MR) is 182 cm³/mol. The lowest BCUT2D eigenvalue weighted by atomic mass is 9.98. The Morgan fingerprint density at radius 1 is 1.04 bits per heavy atom. The summed E-state index contributed by atoms with van der Waals surface area (Å²) in [5.74, 6) is 0.180. The van der Waals surface area contributed by atoms with E-state index in [0.29, 0.717) is 66.2 Å². The van der Waals surface area contributed by atoms with Crippen molar-refractivity contribution in [1.29, 1.82) is 0 Å². The van der Waals surface area contributed by atoms with Crippen molar-refractivity contribution in [2.24, 2.45) is 0 Å². The van der Waals surface area contributed by atoms with Crippen molar-refractivity contribution in [1.82, 2.24) is 29.3 Å². The number of hydrogen-bond donors (Lipinski definition) is 2. The maximum Gasteiger partial charge on any atom is 0.253 e. The number of rotatable bonds is 10. The summed E-state index contributed by atoms with van der Waals surface area (Å²) in [6.07, 6.45) is 5.97. The van der Waals surface area contributed by atoms with Gasteiger partial charge >= 0.3 is 0 Å².